The number of carboxylic acid groups (broad SMARTS) is 1. The zero-order chi connectivity index (χ0) is 19.1. The van der Waals surface area contributed by atoms with Crippen LogP contribution in [0.15, 0.2) is 54.6 Å². The first kappa shape index (κ1) is 19.5. The van der Waals surface area contributed by atoms with Gasteiger partial charge in [-0.15, -0.1) is 11.8 Å². The van der Waals surface area contributed by atoms with Crippen molar-refractivity contribution in [3.63, 3.8) is 0 Å². The van der Waals surface area contributed by atoms with Crippen molar-refractivity contribution in [2.75, 3.05) is 18.8 Å². The summed E-state index contributed by atoms with van der Waals surface area (Å²) >= 11 is 1.59. The Morgan fingerprint density at radius 2 is 1.63 bits per heavy atom. The van der Waals surface area contributed by atoms with Crippen LogP contribution < -0.4 is 0 Å². The molecule has 0 radical (unpaired) electrons. The molecule has 2 aromatic rings. The predicted octanol–water partition coefficient (Wildman–Crippen LogP) is 4.10. The van der Waals surface area contributed by atoms with Crippen molar-refractivity contribution in [3.8, 4) is 0 Å². The second-order valence-electron chi connectivity index (χ2n) is 7.01. The molecule has 0 atom stereocenters. The number of benzene rings is 2. The van der Waals surface area contributed by atoms with Crippen LogP contribution in [0.1, 0.15) is 34.3 Å². The SMILES string of the molecule is O=C(O)c1ccc(CSCC(=O)N2CCC(Cc3ccccc3)CC2)cc1. The van der Waals surface area contributed by atoms with Gasteiger partial charge in [0.15, 0.2) is 0 Å². The Kier molecular flexibility index (Phi) is 6.93. The van der Waals surface area contributed by atoms with Crippen molar-refractivity contribution in [2.45, 2.75) is 25.0 Å². The highest BCUT2D eigenvalue weighted by Crippen LogP contribution is 2.22. The topological polar surface area (TPSA) is 57.6 Å². The molecule has 1 amide bonds. The Morgan fingerprint density at radius 3 is 2.26 bits per heavy atom. The third kappa shape index (κ3) is 5.86. The van der Waals surface area contributed by atoms with E-state index in [1.807, 2.05) is 23.1 Å². The van der Waals surface area contributed by atoms with Gasteiger partial charge in [-0.05, 0) is 48.4 Å². The number of piperidine rings is 1. The number of carbonyl (C=O) groups is 2. The molecule has 27 heavy (non-hydrogen) atoms. The first-order valence-corrected chi connectivity index (χ1v) is 10.5. The molecule has 0 aromatic heterocycles. The minimum atomic E-state index is -0.917. The number of hydrogen-bond donors (Lipinski definition) is 1. The third-order valence-corrected chi connectivity index (χ3v) is 6.02. The van der Waals surface area contributed by atoms with Crippen LogP contribution in [0.4, 0.5) is 0 Å². The van der Waals surface area contributed by atoms with Crippen molar-refractivity contribution < 1.29 is 14.7 Å². The van der Waals surface area contributed by atoms with Crippen LogP contribution in [-0.4, -0.2) is 40.7 Å². The summed E-state index contributed by atoms with van der Waals surface area (Å²) in [5.41, 5.74) is 2.71. The van der Waals surface area contributed by atoms with Gasteiger partial charge in [0.1, 0.15) is 0 Å². The first-order chi connectivity index (χ1) is 13.1. The molecule has 0 saturated carbocycles. The molecule has 4 nitrogen and oxygen atoms in total. The van der Waals surface area contributed by atoms with Crippen LogP contribution in [0.2, 0.25) is 0 Å². The van der Waals surface area contributed by atoms with E-state index < -0.39 is 5.97 Å². The van der Waals surface area contributed by atoms with Gasteiger partial charge in [-0.25, -0.2) is 4.79 Å². The molecular formula is C22H25NO3S. The van der Waals surface area contributed by atoms with E-state index in [1.54, 1.807) is 23.9 Å². The first-order valence-electron chi connectivity index (χ1n) is 9.33. The monoisotopic (exact) mass is 383 g/mol. The lowest BCUT2D eigenvalue weighted by molar-refractivity contribution is -0.129. The number of likely N-dealkylation sites (tertiary alicyclic amines) is 1. The number of carboxylic acids is 1. The van der Waals surface area contributed by atoms with E-state index in [2.05, 4.69) is 24.3 Å². The molecule has 0 bridgehead atoms. The van der Waals surface area contributed by atoms with E-state index in [9.17, 15) is 9.59 Å². The Bertz CT molecular complexity index is 753. The van der Waals surface area contributed by atoms with E-state index in [1.165, 1.54) is 5.56 Å². The summed E-state index contributed by atoms with van der Waals surface area (Å²) in [6.45, 7) is 1.70. The summed E-state index contributed by atoms with van der Waals surface area (Å²) in [7, 11) is 0. The summed E-state index contributed by atoms with van der Waals surface area (Å²) in [5.74, 6) is 1.15. The van der Waals surface area contributed by atoms with Gasteiger partial charge in [-0.3, -0.25) is 4.79 Å². The van der Waals surface area contributed by atoms with E-state index in [0.717, 1.165) is 43.7 Å². The summed E-state index contributed by atoms with van der Waals surface area (Å²) in [6, 6.07) is 17.4. The molecule has 1 fully saturated rings. The van der Waals surface area contributed by atoms with Gasteiger partial charge in [0.25, 0.3) is 0 Å². The number of nitrogens with zero attached hydrogens (tertiary/aromatic N) is 1. The summed E-state index contributed by atoms with van der Waals surface area (Å²) in [5, 5.41) is 8.91. The lowest BCUT2D eigenvalue weighted by Gasteiger charge is -2.32. The Balaban J connectivity index is 1.37. The number of amides is 1. The van der Waals surface area contributed by atoms with Crippen LogP contribution in [-0.2, 0) is 17.0 Å². The number of aromatic carboxylic acids is 1. The molecule has 1 saturated heterocycles. The smallest absolute Gasteiger partial charge is 0.335 e. The van der Waals surface area contributed by atoms with Gasteiger partial charge in [0.2, 0.25) is 5.91 Å². The Morgan fingerprint density at radius 1 is 0.963 bits per heavy atom. The van der Waals surface area contributed by atoms with Crippen LogP contribution in [0.3, 0.4) is 0 Å². The predicted molar refractivity (Wildman–Crippen MR) is 109 cm³/mol. The van der Waals surface area contributed by atoms with Gasteiger partial charge in [0, 0.05) is 18.8 Å². The minimum Gasteiger partial charge on any atom is -0.478 e. The van der Waals surface area contributed by atoms with Gasteiger partial charge in [-0.1, -0.05) is 42.5 Å². The van der Waals surface area contributed by atoms with Crippen LogP contribution in [0.25, 0.3) is 0 Å². The average Bonchev–Trinajstić information content (AvgIpc) is 2.69. The highest BCUT2D eigenvalue weighted by molar-refractivity contribution is 7.99. The van der Waals surface area contributed by atoms with E-state index in [4.69, 9.17) is 5.11 Å². The number of thioether (sulfide) groups is 1. The van der Waals surface area contributed by atoms with Crippen LogP contribution >= 0.6 is 11.8 Å². The van der Waals surface area contributed by atoms with E-state index in [0.29, 0.717) is 17.2 Å². The highest BCUT2D eigenvalue weighted by atomic mass is 32.2. The zero-order valence-electron chi connectivity index (χ0n) is 15.3. The fourth-order valence-electron chi connectivity index (χ4n) is 3.42. The molecule has 0 aliphatic carbocycles. The van der Waals surface area contributed by atoms with Crippen LogP contribution in [0, 0.1) is 5.92 Å². The maximum absolute atomic E-state index is 12.4. The highest BCUT2D eigenvalue weighted by Gasteiger charge is 2.22. The van der Waals surface area contributed by atoms with Crippen LogP contribution in [0.5, 0.6) is 0 Å². The maximum Gasteiger partial charge on any atom is 0.335 e. The minimum absolute atomic E-state index is 0.209. The quantitative estimate of drug-likeness (QED) is 0.782. The number of hydrogen-bond acceptors (Lipinski definition) is 3. The van der Waals surface area contributed by atoms with Gasteiger partial charge in [0.05, 0.1) is 11.3 Å². The summed E-state index contributed by atoms with van der Waals surface area (Å²) in [6.07, 6.45) is 3.24. The molecule has 1 heterocycles. The molecule has 1 aliphatic heterocycles. The number of carbonyl (C=O) groups excluding carboxylic acids is 1. The van der Waals surface area contributed by atoms with Crippen molar-refractivity contribution in [2.24, 2.45) is 5.92 Å². The molecule has 142 valence electrons. The summed E-state index contributed by atoms with van der Waals surface area (Å²) < 4.78 is 0. The standard InChI is InChI=1S/C22H25NO3S/c24-21(16-27-15-19-6-8-20(9-7-19)22(25)26)23-12-10-18(11-13-23)14-17-4-2-1-3-5-17/h1-9,18H,10-16H2,(H,25,26). The van der Waals surface area contributed by atoms with Gasteiger partial charge >= 0.3 is 5.97 Å². The number of rotatable bonds is 7. The van der Waals surface area contributed by atoms with Crippen molar-refractivity contribution in [1.82, 2.24) is 4.90 Å². The average molecular weight is 384 g/mol. The Labute approximate surface area is 164 Å². The van der Waals surface area contributed by atoms with Crippen molar-refractivity contribution >= 4 is 23.6 Å². The fourth-order valence-corrected chi connectivity index (χ4v) is 4.31. The zero-order valence-corrected chi connectivity index (χ0v) is 16.2. The van der Waals surface area contributed by atoms with E-state index in [-0.39, 0.29) is 5.91 Å². The van der Waals surface area contributed by atoms with Crippen molar-refractivity contribution in [1.29, 1.82) is 0 Å². The molecule has 2 aromatic carbocycles. The second-order valence-corrected chi connectivity index (χ2v) is 7.99. The Hall–Kier alpha value is -2.27. The van der Waals surface area contributed by atoms with Crippen molar-refractivity contribution in [3.05, 3.63) is 71.3 Å². The molecule has 1 N–H and O–H groups in total. The third-order valence-electron chi connectivity index (χ3n) is 5.03. The molecule has 3 rings (SSSR count). The summed E-state index contributed by atoms with van der Waals surface area (Å²) in [4.78, 5) is 25.3. The lowest BCUT2D eigenvalue weighted by Crippen LogP contribution is -2.39. The van der Waals surface area contributed by atoms with Gasteiger partial charge < -0.3 is 10.0 Å². The molecule has 0 unspecified atom stereocenters. The largest absolute Gasteiger partial charge is 0.478 e. The van der Waals surface area contributed by atoms with Gasteiger partial charge in [-0.2, -0.15) is 0 Å². The molecular weight excluding hydrogens is 358 g/mol. The lowest BCUT2D eigenvalue weighted by atomic mass is 9.90. The molecule has 1 aliphatic rings. The maximum atomic E-state index is 12.4. The second kappa shape index (κ2) is 9.60. The fraction of sp³-hybridized carbons (Fsp3) is 0.364. The molecule has 0 spiro atoms. The van der Waals surface area contributed by atoms with E-state index >= 15 is 0 Å². The molecule has 5 heteroatoms. The normalized spacial score (nSPS) is 14.9.